The Labute approximate surface area is 229 Å². The van der Waals surface area contributed by atoms with Crippen LogP contribution in [0.3, 0.4) is 0 Å². The first kappa shape index (κ1) is 21.6. The number of fused-ring (bicyclic) bond motifs is 9. The Morgan fingerprint density at radius 1 is 0.325 bits per heavy atom. The Balaban J connectivity index is 1.24. The smallest absolute Gasteiger partial charge is 0.147 e. The van der Waals surface area contributed by atoms with Gasteiger partial charge in [-0.25, -0.2) is 0 Å². The lowest BCUT2D eigenvalue weighted by molar-refractivity contribution is 0.663. The van der Waals surface area contributed by atoms with E-state index in [1.54, 1.807) is 0 Å². The van der Waals surface area contributed by atoms with E-state index in [-0.39, 0.29) is 0 Å². The van der Waals surface area contributed by atoms with Crippen LogP contribution in [0.1, 0.15) is 0 Å². The van der Waals surface area contributed by atoms with Gasteiger partial charge in [-0.2, -0.15) is 0 Å². The first-order valence-electron chi connectivity index (χ1n) is 13.6. The summed E-state index contributed by atoms with van der Waals surface area (Å²) in [7, 11) is 0. The molecule has 0 aliphatic carbocycles. The summed E-state index contributed by atoms with van der Waals surface area (Å²) in [4.78, 5) is 0. The van der Waals surface area contributed by atoms with Crippen molar-refractivity contribution in [3.63, 3.8) is 0 Å². The van der Waals surface area contributed by atoms with E-state index >= 15 is 0 Å². The van der Waals surface area contributed by atoms with Crippen LogP contribution in [0.15, 0.2) is 142 Å². The van der Waals surface area contributed by atoms with Gasteiger partial charge in [0.25, 0.3) is 0 Å². The van der Waals surface area contributed by atoms with Crippen molar-refractivity contribution in [3.8, 4) is 22.3 Å². The van der Waals surface area contributed by atoms with Gasteiger partial charge >= 0.3 is 0 Å². The lowest BCUT2D eigenvalue weighted by atomic mass is 9.98. The molecule has 2 nitrogen and oxygen atoms in total. The van der Waals surface area contributed by atoms with E-state index in [1.165, 1.54) is 38.2 Å². The van der Waals surface area contributed by atoms with Gasteiger partial charge < -0.3 is 8.83 Å². The van der Waals surface area contributed by atoms with E-state index in [0.29, 0.717) is 0 Å². The molecule has 2 aromatic heterocycles. The third kappa shape index (κ3) is 3.17. The van der Waals surface area contributed by atoms with Crippen LogP contribution in [-0.4, -0.2) is 0 Å². The molecule has 9 rings (SSSR count). The monoisotopic (exact) mass is 510 g/mol. The number of rotatable bonds is 2. The molecule has 0 aliphatic rings. The zero-order chi connectivity index (χ0) is 26.2. The molecule has 0 saturated carbocycles. The van der Waals surface area contributed by atoms with Crippen LogP contribution in [0.5, 0.6) is 0 Å². The average molecular weight is 511 g/mol. The molecular weight excluding hydrogens is 488 g/mol. The summed E-state index contributed by atoms with van der Waals surface area (Å²) >= 11 is 0. The van der Waals surface area contributed by atoms with Crippen molar-refractivity contribution < 1.29 is 8.83 Å². The highest BCUT2D eigenvalue weighted by Crippen LogP contribution is 2.41. The topological polar surface area (TPSA) is 26.3 Å². The van der Waals surface area contributed by atoms with Crippen molar-refractivity contribution >= 4 is 65.4 Å². The molecule has 0 saturated heterocycles. The fourth-order valence-corrected chi connectivity index (χ4v) is 6.19. The van der Waals surface area contributed by atoms with E-state index < -0.39 is 0 Å². The summed E-state index contributed by atoms with van der Waals surface area (Å²) in [5.74, 6) is 0. The standard InChI is InChI=1S/C38H22O2/c1-3-7-25-19-27(11-9-23(25)5-1)29-13-16-34-32(21-29)31-15-18-36-37(38(31)40-34)33-22-30(14-17-35(33)39-36)28-12-10-24-6-2-4-8-26(24)20-28/h1-22H. The molecule has 2 heterocycles. The minimum Gasteiger partial charge on any atom is -0.456 e. The average Bonchev–Trinajstić information content (AvgIpc) is 3.58. The molecule has 0 bridgehead atoms. The van der Waals surface area contributed by atoms with Crippen LogP contribution >= 0.6 is 0 Å². The summed E-state index contributed by atoms with van der Waals surface area (Å²) in [5, 5.41) is 9.28. The van der Waals surface area contributed by atoms with Crippen molar-refractivity contribution in [2.24, 2.45) is 0 Å². The van der Waals surface area contributed by atoms with Crippen molar-refractivity contribution in [3.05, 3.63) is 133 Å². The summed E-state index contributed by atoms with van der Waals surface area (Å²) in [6.45, 7) is 0. The predicted molar refractivity (Wildman–Crippen MR) is 167 cm³/mol. The maximum absolute atomic E-state index is 6.54. The lowest BCUT2D eigenvalue weighted by Gasteiger charge is -2.04. The van der Waals surface area contributed by atoms with Gasteiger partial charge in [0.15, 0.2) is 0 Å². The summed E-state index contributed by atoms with van der Waals surface area (Å²) in [6, 6.07) is 47.4. The molecule has 7 aromatic carbocycles. The van der Waals surface area contributed by atoms with E-state index in [1.807, 2.05) is 0 Å². The zero-order valence-electron chi connectivity index (χ0n) is 21.5. The predicted octanol–water partition coefficient (Wildman–Crippen LogP) is 11.1. The van der Waals surface area contributed by atoms with Gasteiger partial charge in [-0.05, 0) is 92.3 Å². The van der Waals surface area contributed by atoms with E-state index in [4.69, 9.17) is 8.83 Å². The highest BCUT2D eigenvalue weighted by atomic mass is 16.3. The van der Waals surface area contributed by atoms with Crippen molar-refractivity contribution in [1.29, 1.82) is 0 Å². The molecule has 0 atom stereocenters. The van der Waals surface area contributed by atoms with Gasteiger partial charge in [0, 0.05) is 16.2 Å². The third-order valence-corrected chi connectivity index (χ3v) is 8.24. The fourth-order valence-electron chi connectivity index (χ4n) is 6.19. The van der Waals surface area contributed by atoms with Crippen LogP contribution in [0.4, 0.5) is 0 Å². The highest BCUT2D eigenvalue weighted by molar-refractivity contribution is 6.22. The van der Waals surface area contributed by atoms with Gasteiger partial charge in [0.05, 0.1) is 5.39 Å². The molecular formula is C38H22O2. The Morgan fingerprint density at radius 2 is 0.825 bits per heavy atom. The molecule has 186 valence electrons. The molecule has 40 heavy (non-hydrogen) atoms. The fraction of sp³-hybridized carbons (Fsp3) is 0. The Bertz CT molecular complexity index is 2440. The number of furan rings is 2. The van der Waals surface area contributed by atoms with E-state index in [2.05, 4.69) is 133 Å². The molecule has 0 radical (unpaired) electrons. The van der Waals surface area contributed by atoms with Crippen LogP contribution in [-0.2, 0) is 0 Å². The SMILES string of the molecule is c1ccc2cc(-c3ccc4oc5c(ccc6oc7ccc(-c8ccc9ccccc9c8)cc7c65)c4c3)ccc2c1. The maximum atomic E-state index is 6.54. The van der Waals surface area contributed by atoms with Gasteiger partial charge in [0.1, 0.15) is 22.3 Å². The van der Waals surface area contributed by atoms with E-state index in [9.17, 15) is 0 Å². The second kappa shape index (κ2) is 8.08. The molecule has 0 amide bonds. The number of hydrogen-bond acceptors (Lipinski definition) is 2. The zero-order valence-corrected chi connectivity index (χ0v) is 21.5. The normalized spacial score (nSPS) is 12.0. The third-order valence-electron chi connectivity index (χ3n) is 8.24. The van der Waals surface area contributed by atoms with Crippen LogP contribution in [0.25, 0.3) is 87.7 Å². The van der Waals surface area contributed by atoms with Crippen molar-refractivity contribution in [2.75, 3.05) is 0 Å². The molecule has 9 aromatic rings. The second-order valence-corrected chi connectivity index (χ2v) is 10.6. The summed E-state index contributed by atoms with van der Waals surface area (Å²) in [6.07, 6.45) is 0. The maximum Gasteiger partial charge on any atom is 0.147 e. The van der Waals surface area contributed by atoms with Gasteiger partial charge in [-0.1, -0.05) is 84.9 Å². The molecule has 2 heteroatoms. The molecule has 0 aliphatic heterocycles. The number of hydrogen-bond donors (Lipinski definition) is 0. The first-order chi connectivity index (χ1) is 19.8. The Hall–Kier alpha value is -5.34. The molecule has 0 fully saturated rings. The molecule has 0 N–H and O–H groups in total. The Morgan fingerprint density at radius 3 is 1.48 bits per heavy atom. The van der Waals surface area contributed by atoms with Crippen LogP contribution in [0.2, 0.25) is 0 Å². The van der Waals surface area contributed by atoms with Gasteiger partial charge in [-0.3, -0.25) is 0 Å². The highest BCUT2D eigenvalue weighted by Gasteiger charge is 2.17. The second-order valence-electron chi connectivity index (χ2n) is 10.6. The Kier molecular flexibility index (Phi) is 4.36. The first-order valence-corrected chi connectivity index (χ1v) is 13.6. The minimum absolute atomic E-state index is 0.840. The van der Waals surface area contributed by atoms with Crippen LogP contribution in [0, 0.1) is 0 Å². The lowest BCUT2D eigenvalue weighted by Crippen LogP contribution is -1.79. The minimum atomic E-state index is 0.840. The summed E-state index contributed by atoms with van der Waals surface area (Å²) < 4.78 is 12.8. The molecule has 0 unspecified atom stereocenters. The summed E-state index contributed by atoms with van der Waals surface area (Å²) in [5.41, 5.74) is 8.18. The quantitative estimate of drug-likeness (QED) is 0.231. The van der Waals surface area contributed by atoms with Crippen molar-refractivity contribution in [1.82, 2.24) is 0 Å². The van der Waals surface area contributed by atoms with Gasteiger partial charge in [0.2, 0.25) is 0 Å². The molecule has 0 spiro atoms. The van der Waals surface area contributed by atoms with Gasteiger partial charge in [-0.15, -0.1) is 0 Å². The largest absolute Gasteiger partial charge is 0.456 e. The van der Waals surface area contributed by atoms with E-state index in [0.717, 1.165) is 49.4 Å². The number of benzene rings is 7. The van der Waals surface area contributed by atoms with Crippen molar-refractivity contribution in [2.45, 2.75) is 0 Å². The van der Waals surface area contributed by atoms with Crippen LogP contribution < -0.4 is 0 Å².